The number of hydrogen-bond acceptors (Lipinski definition) is 4. The molecular formula is C18H18ClNO4. The molecule has 0 saturated heterocycles. The Kier molecular flexibility index (Phi) is 6.21. The minimum atomic E-state index is -0.432. The van der Waals surface area contributed by atoms with Crippen LogP contribution in [-0.2, 0) is 9.53 Å². The van der Waals surface area contributed by atoms with Gasteiger partial charge in [-0.05, 0) is 56.3 Å². The summed E-state index contributed by atoms with van der Waals surface area (Å²) in [5, 5.41) is 3.27. The van der Waals surface area contributed by atoms with E-state index >= 15 is 0 Å². The Morgan fingerprint density at radius 1 is 1.12 bits per heavy atom. The number of halogens is 1. The first-order chi connectivity index (χ1) is 11.4. The number of hydrogen-bond donors (Lipinski definition) is 1. The fraction of sp³-hybridized carbons (Fsp3) is 0.222. The summed E-state index contributed by atoms with van der Waals surface area (Å²) in [6, 6.07) is 13.3. The zero-order valence-electron chi connectivity index (χ0n) is 13.4. The number of rotatable bonds is 6. The molecule has 6 heteroatoms. The molecule has 0 bridgehead atoms. The monoisotopic (exact) mass is 347 g/mol. The van der Waals surface area contributed by atoms with Gasteiger partial charge >= 0.3 is 5.97 Å². The second-order valence-corrected chi connectivity index (χ2v) is 5.76. The second kappa shape index (κ2) is 8.36. The number of anilines is 1. The van der Waals surface area contributed by atoms with E-state index in [1.54, 1.807) is 62.4 Å². The van der Waals surface area contributed by atoms with E-state index in [0.29, 0.717) is 22.0 Å². The van der Waals surface area contributed by atoms with Gasteiger partial charge in [-0.15, -0.1) is 0 Å². The zero-order valence-corrected chi connectivity index (χ0v) is 14.2. The first kappa shape index (κ1) is 17.8. The molecule has 0 atom stereocenters. The summed E-state index contributed by atoms with van der Waals surface area (Å²) in [4.78, 5) is 23.8. The molecule has 0 radical (unpaired) electrons. The molecule has 0 spiro atoms. The van der Waals surface area contributed by atoms with Gasteiger partial charge in [-0.1, -0.05) is 17.7 Å². The third-order valence-electron chi connectivity index (χ3n) is 2.91. The summed E-state index contributed by atoms with van der Waals surface area (Å²) >= 11 is 5.78. The van der Waals surface area contributed by atoms with Crippen LogP contribution in [0.15, 0.2) is 48.5 Å². The summed E-state index contributed by atoms with van der Waals surface area (Å²) in [6.45, 7) is 3.40. The molecule has 0 heterocycles. The smallest absolute Gasteiger partial charge is 0.338 e. The molecule has 0 aliphatic rings. The summed E-state index contributed by atoms with van der Waals surface area (Å²) in [5.74, 6) is -0.221. The van der Waals surface area contributed by atoms with E-state index in [0.717, 1.165) is 0 Å². The average Bonchev–Trinajstić information content (AvgIpc) is 2.54. The van der Waals surface area contributed by atoms with Crippen LogP contribution in [0.5, 0.6) is 5.75 Å². The van der Waals surface area contributed by atoms with E-state index in [4.69, 9.17) is 21.1 Å². The third kappa shape index (κ3) is 5.59. The Hall–Kier alpha value is -2.53. The first-order valence-corrected chi connectivity index (χ1v) is 7.81. The van der Waals surface area contributed by atoms with E-state index in [9.17, 15) is 9.59 Å². The number of carbonyl (C=O) groups is 2. The minimum Gasteiger partial charge on any atom is -0.484 e. The lowest BCUT2D eigenvalue weighted by atomic mass is 10.2. The van der Waals surface area contributed by atoms with Crippen molar-refractivity contribution >= 4 is 29.2 Å². The lowest BCUT2D eigenvalue weighted by Gasteiger charge is -2.10. The predicted molar refractivity (Wildman–Crippen MR) is 92.6 cm³/mol. The van der Waals surface area contributed by atoms with Gasteiger partial charge in [0.1, 0.15) is 5.75 Å². The van der Waals surface area contributed by atoms with Crippen LogP contribution in [0.1, 0.15) is 24.2 Å². The maximum atomic E-state index is 11.9. The van der Waals surface area contributed by atoms with Gasteiger partial charge in [0.2, 0.25) is 0 Å². The molecule has 2 aromatic rings. The molecule has 0 fully saturated rings. The zero-order chi connectivity index (χ0) is 17.5. The molecule has 2 aromatic carbocycles. The topological polar surface area (TPSA) is 64.6 Å². The Bertz CT molecular complexity index is 713. The van der Waals surface area contributed by atoms with Crippen LogP contribution in [0.2, 0.25) is 5.02 Å². The highest BCUT2D eigenvalue weighted by Crippen LogP contribution is 2.16. The lowest BCUT2D eigenvalue weighted by molar-refractivity contribution is -0.118. The lowest BCUT2D eigenvalue weighted by Crippen LogP contribution is -2.20. The van der Waals surface area contributed by atoms with Gasteiger partial charge in [0.15, 0.2) is 6.61 Å². The molecule has 0 saturated carbocycles. The molecule has 1 amide bonds. The largest absolute Gasteiger partial charge is 0.484 e. The van der Waals surface area contributed by atoms with Crippen LogP contribution in [-0.4, -0.2) is 24.6 Å². The van der Waals surface area contributed by atoms with E-state index in [1.807, 2.05) is 0 Å². The molecule has 0 aliphatic carbocycles. The fourth-order valence-corrected chi connectivity index (χ4v) is 2.01. The number of ether oxygens (including phenoxy) is 2. The first-order valence-electron chi connectivity index (χ1n) is 7.43. The van der Waals surface area contributed by atoms with Crippen molar-refractivity contribution in [2.45, 2.75) is 20.0 Å². The van der Waals surface area contributed by atoms with Crippen molar-refractivity contribution in [2.75, 3.05) is 11.9 Å². The summed E-state index contributed by atoms with van der Waals surface area (Å²) in [5.41, 5.74) is 0.873. The van der Waals surface area contributed by atoms with E-state index in [-0.39, 0.29) is 18.6 Å². The van der Waals surface area contributed by atoms with Crippen LogP contribution in [0.4, 0.5) is 5.69 Å². The van der Waals surface area contributed by atoms with Crippen LogP contribution < -0.4 is 10.1 Å². The molecule has 1 N–H and O–H groups in total. The van der Waals surface area contributed by atoms with Gasteiger partial charge in [-0.25, -0.2) is 4.79 Å². The van der Waals surface area contributed by atoms with Crippen LogP contribution in [0.3, 0.4) is 0 Å². The Labute approximate surface area is 145 Å². The quantitative estimate of drug-likeness (QED) is 0.804. The summed E-state index contributed by atoms with van der Waals surface area (Å²) in [7, 11) is 0. The number of nitrogens with one attached hydrogen (secondary N) is 1. The minimum absolute atomic E-state index is 0.150. The van der Waals surface area contributed by atoms with Crippen molar-refractivity contribution in [1.82, 2.24) is 0 Å². The average molecular weight is 348 g/mol. The van der Waals surface area contributed by atoms with Crippen molar-refractivity contribution < 1.29 is 19.1 Å². The normalized spacial score (nSPS) is 10.3. The third-order valence-corrected chi connectivity index (χ3v) is 3.16. The maximum absolute atomic E-state index is 11.9. The predicted octanol–water partition coefficient (Wildman–Crippen LogP) is 3.92. The highest BCUT2D eigenvalue weighted by molar-refractivity contribution is 6.30. The number of carbonyl (C=O) groups excluding carboxylic acids is 2. The fourth-order valence-electron chi connectivity index (χ4n) is 1.88. The van der Waals surface area contributed by atoms with Gasteiger partial charge in [0, 0.05) is 10.7 Å². The molecular weight excluding hydrogens is 330 g/mol. The van der Waals surface area contributed by atoms with Crippen LogP contribution in [0.25, 0.3) is 0 Å². The van der Waals surface area contributed by atoms with Gasteiger partial charge in [0.25, 0.3) is 5.91 Å². The van der Waals surface area contributed by atoms with E-state index in [2.05, 4.69) is 5.32 Å². The SMILES string of the molecule is CC(C)OC(=O)c1cccc(NC(=O)COc2ccc(Cl)cc2)c1. The van der Waals surface area contributed by atoms with Crippen LogP contribution >= 0.6 is 11.6 Å². The molecule has 5 nitrogen and oxygen atoms in total. The maximum Gasteiger partial charge on any atom is 0.338 e. The second-order valence-electron chi connectivity index (χ2n) is 5.33. The van der Waals surface area contributed by atoms with Gasteiger partial charge < -0.3 is 14.8 Å². The highest BCUT2D eigenvalue weighted by Gasteiger charge is 2.11. The van der Waals surface area contributed by atoms with Crippen molar-refractivity contribution in [3.8, 4) is 5.75 Å². The Balaban J connectivity index is 1.91. The number of amides is 1. The summed E-state index contributed by atoms with van der Waals surface area (Å²) in [6.07, 6.45) is -0.205. The Morgan fingerprint density at radius 2 is 1.83 bits per heavy atom. The number of esters is 1. The van der Waals surface area contributed by atoms with E-state index in [1.165, 1.54) is 0 Å². The van der Waals surface area contributed by atoms with Crippen LogP contribution in [0, 0.1) is 0 Å². The van der Waals surface area contributed by atoms with Gasteiger partial charge in [-0.2, -0.15) is 0 Å². The van der Waals surface area contributed by atoms with E-state index < -0.39 is 5.97 Å². The summed E-state index contributed by atoms with van der Waals surface area (Å²) < 4.78 is 10.5. The molecule has 126 valence electrons. The standard InChI is InChI=1S/C18H18ClNO4/c1-12(2)24-18(22)13-4-3-5-15(10-13)20-17(21)11-23-16-8-6-14(19)7-9-16/h3-10,12H,11H2,1-2H3,(H,20,21). The van der Waals surface area contributed by atoms with Crippen molar-refractivity contribution in [3.05, 3.63) is 59.1 Å². The van der Waals surface area contributed by atoms with Crippen molar-refractivity contribution in [2.24, 2.45) is 0 Å². The molecule has 0 aromatic heterocycles. The molecule has 0 unspecified atom stereocenters. The molecule has 0 aliphatic heterocycles. The van der Waals surface area contributed by atoms with Crippen molar-refractivity contribution in [3.63, 3.8) is 0 Å². The highest BCUT2D eigenvalue weighted by atomic mass is 35.5. The Morgan fingerprint density at radius 3 is 2.50 bits per heavy atom. The molecule has 24 heavy (non-hydrogen) atoms. The number of benzene rings is 2. The van der Waals surface area contributed by atoms with Gasteiger partial charge in [0.05, 0.1) is 11.7 Å². The molecule has 2 rings (SSSR count). The van der Waals surface area contributed by atoms with Gasteiger partial charge in [-0.3, -0.25) is 4.79 Å². The van der Waals surface area contributed by atoms with Crippen molar-refractivity contribution in [1.29, 1.82) is 0 Å².